The van der Waals surface area contributed by atoms with Gasteiger partial charge < -0.3 is 5.32 Å². The average Bonchev–Trinajstić information content (AvgIpc) is 2.72. The van der Waals surface area contributed by atoms with Crippen molar-refractivity contribution >= 4 is 15.7 Å². The lowest BCUT2D eigenvalue weighted by atomic mass is 10.2. The maximum atomic E-state index is 12.4. The minimum atomic E-state index is -3.29. The Morgan fingerprint density at radius 2 is 2.12 bits per heavy atom. The van der Waals surface area contributed by atoms with Crippen molar-refractivity contribution < 1.29 is 8.42 Å². The molecule has 0 spiro atoms. The van der Waals surface area contributed by atoms with Crippen LogP contribution in [0.5, 0.6) is 0 Å². The Kier molecular flexibility index (Phi) is 2.19. The van der Waals surface area contributed by atoms with Crippen molar-refractivity contribution in [3.63, 3.8) is 0 Å². The van der Waals surface area contributed by atoms with E-state index in [2.05, 4.69) is 5.32 Å². The summed E-state index contributed by atoms with van der Waals surface area (Å²) in [5.41, 5.74) is 0.733. The van der Waals surface area contributed by atoms with Crippen LogP contribution in [0.4, 0.5) is 5.69 Å². The first-order valence-electron chi connectivity index (χ1n) is 5.54. The van der Waals surface area contributed by atoms with E-state index in [0.717, 1.165) is 25.1 Å². The second kappa shape index (κ2) is 3.46. The summed E-state index contributed by atoms with van der Waals surface area (Å²) in [6.07, 6.45) is 1.92. The summed E-state index contributed by atoms with van der Waals surface area (Å²) < 4.78 is 26.4. The third kappa shape index (κ3) is 1.35. The van der Waals surface area contributed by atoms with E-state index in [1.807, 2.05) is 12.1 Å². The van der Waals surface area contributed by atoms with Gasteiger partial charge in [0.2, 0.25) is 10.0 Å². The van der Waals surface area contributed by atoms with E-state index in [-0.39, 0.29) is 6.04 Å². The van der Waals surface area contributed by atoms with Gasteiger partial charge in [-0.1, -0.05) is 12.1 Å². The molecule has 0 saturated carbocycles. The molecule has 2 heterocycles. The molecule has 0 bridgehead atoms. The van der Waals surface area contributed by atoms with Gasteiger partial charge in [0.05, 0.1) is 5.69 Å². The van der Waals surface area contributed by atoms with E-state index < -0.39 is 10.0 Å². The van der Waals surface area contributed by atoms with Crippen LogP contribution in [-0.4, -0.2) is 31.9 Å². The van der Waals surface area contributed by atoms with Crippen LogP contribution in [0.25, 0.3) is 0 Å². The Morgan fingerprint density at radius 3 is 3.00 bits per heavy atom. The number of sulfonamides is 1. The normalized spacial score (nSPS) is 27.6. The molecule has 1 aromatic rings. The minimum Gasteiger partial charge on any atom is -0.382 e. The number of para-hydroxylation sites is 1. The summed E-state index contributed by atoms with van der Waals surface area (Å²) in [5.74, 6) is 0. The molecule has 86 valence electrons. The van der Waals surface area contributed by atoms with Crippen molar-refractivity contribution in [2.75, 3.05) is 18.4 Å². The van der Waals surface area contributed by atoms with Crippen LogP contribution in [0.3, 0.4) is 0 Å². The Morgan fingerprint density at radius 1 is 1.31 bits per heavy atom. The molecule has 0 amide bonds. The lowest BCUT2D eigenvalue weighted by Crippen LogP contribution is -2.36. The van der Waals surface area contributed by atoms with Crippen molar-refractivity contribution in [2.24, 2.45) is 0 Å². The van der Waals surface area contributed by atoms with E-state index in [0.29, 0.717) is 11.4 Å². The lowest BCUT2D eigenvalue weighted by Gasteiger charge is -2.20. The molecule has 1 fully saturated rings. The highest BCUT2D eigenvalue weighted by Gasteiger charge is 2.38. The largest absolute Gasteiger partial charge is 0.382 e. The molecule has 0 aromatic heterocycles. The van der Waals surface area contributed by atoms with Crippen LogP contribution in [0, 0.1) is 0 Å². The van der Waals surface area contributed by atoms with Gasteiger partial charge in [0.15, 0.2) is 0 Å². The number of benzene rings is 1. The highest BCUT2D eigenvalue weighted by Crippen LogP contribution is 2.33. The highest BCUT2D eigenvalue weighted by molar-refractivity contribution is 7.89. The van der Waals surface area contributed by atoms with E-state index >= 15 is 0 Å². The summed E-state index contributed by atoms with van der Waals surface area (Å²) in [4.78, 5) is 0.416. The fourth-order valence-corrected chi connectivity index (χ4v) is 4.38. The quantitative estimate of drug-likeness (QED) is 0.740. The molecule has 16 heavy (non-hydrogen) atoms. The molecular formula is C11H14N2O2S. The Bertz CT molecular complexity index is 512. The van der Waals surface area contributed by atoms with E-state index in [9.17, 15) is 8.42 Å². The topological polar surface area (TPSA) is 49.4 Å². The maximum Gasteiger partial charge on any atom is 0.245 e. The highest BCUT2D eigenvalue weighted by atomic mass is 32.2. The minimum absolute atomic E-state index is 0.123. The predicted molar refractivity (Wildman–Crippen MR) is 61.8 cm³/mol. The number of nitrogens with one attached hydrogen (secondary N) is 1. The maximum absolute atomic E-state index is 12.4. The van der Waals surface area contributed by atoms with Gasteiger partial charge in [-0.25, -0.2) is 8.42 Å². The zero-order valence-electron chi connectivity index (χ0n) is 8.89. The van der Waals surface area contributed by atoms with Gasteiger partial charge in [0, 0.05) is 19.1 Å². The molecule has 0 radical (unpaired) electrons. The second-order valence-electron chi connectivity index (χ2n) is 4.29. The summed E-state index contributed by atoms with van der Waals surface area (Å²) in [6, 6.07) is 7.26. The standard InChI is InChI=1S/C11H14N2O2S/c14-16(15)11-6-2-1-5-10(11)12-8-9-4-3-7-13(9)16/h1-2,5-6,9,12H,3-4,7-8H2/t9-/m0/s1. The number of nitrogens with zero attached hydrogens (tertiary/aromatic N) is 1. The summed E-state index contributed by atoms with van der Waals surface area (Å²) in [7, 11) is -3.29. The Hall–Kier alpha value is -1.07. The van der Waals surface area contributed by atoms with E-state index in [1.54, 1.807) is 16.4 Å². The van der Waals surface area contributed by atoms with Gasteiger partial charge >= 0.3 is 0 Å². The van der Waals surface area contributed by atoms with Crippen LogP contribution >= 0.6 is 0 Å². The molecule has 0 unspecified atom stereocenters. The SMILES string of the molecule is O=S1(=O)c2ccccc2NC[C@@H]2CCCN21. The van der Waals surface area contributed by atoms with Crippen molar-refractivity contribution in [3.05, 3.63) is 24.3 Å². The van der Waals surface area contributed by atoms with Crippen LogP contribution < -0.4 is 5.32 Å². The van der Waals surface area contributed by atoms with E-state index in [1.165, 1.54) is 0 Å². The predicted octanol–water partition coefficient (Wildman–Crippen LogP) is 1.27. The smallest absolute Gasteiger partial charge is 0.245 e. The van der Waals surface area contributed by atoms with Gasteiger partial charge in [0.25, 0.3) is 0 Å². The molecular weight excluding hydrogens is 224 g/mol. The van der Waals surface area contributed by atoms with Crippen LogP contribution in [0.2, 0.25) is 0 Å². The Labute approximate surface area is 95.3 Å². The second-order valence-corrected chi connectivity index (χ2v) is 6.15. The summed E-state index contributed by atoms with van der Waals surface area (Å²) in [5, 5.41) is 3.23. The van der Waals surface area contributed by atoms with Gasteiger partial charge in [-0.05, 0) is 25.0 Å². The molecule has 2 aliphatic rings. The van der Waals surface area contributed by atoms with Crippen molar-refractivity contribution in [3.8, 4) is 0 Å². The first kappa shape index (κ1) is 10.1. The lowest BCUT2D eigenvalue weighted by molar-refractivity contribution is 0.403. The van der Waals surface area contributed by atoms with Gasteiger partial charge in [-0.2, -0.15) is 4.31 Å². The number of hydrogen-bond donors (Lipinski definition) is 1. The summed E-state index contributed by atoms with van der Waals surface area (Å²) in [6.45, 7) is 1.37. The molecule has 4 nitrogen and oxygen atoms in total. The molecule has 2 aliphatic heterocycles. The number of hydrogen-bond acceptors (Lipinski definition) is 3. The number of fused-ring (bicyclic) bond motifs is 2. The van der Waals surface area contributed by atoms with Gasteiger partial charge in [-0.3, -0.25) is 0 Å². The fourth-order valence-electron chi connectivity index (χ4n) is 2.52. The monoisotopic (exact) mass is 238 g/mol. The zero-order chi connectivity index (χ0) is 11.2. The van der Waals surface area contributed by atoms with Crippen LogP contribution in [-0.2, 0) is 10.0 Å². The molecule has 0 aliphatic carbocycles. The summed E-state index contributed by atoms with van der Waals surface area (Å²) >= 11 is 0. The van der Waals surface area contributed by atoms with Crippen molar-refractivity contribution in [2.45, 2.75) is 23.8 Å². The molecule has 1 aromatic carbocycles. The van der Waals surface area contributed by atoms with Crippen molar-refractivity contribution in [1.82, 2.24) is 4.31 Å². The molecule has 1 saturated heterocycles. The zero-order valence-corrected chi connectivity index (χ0v) is 9.70. The fraction of sp³-hybridized carbons (Fsp3) is 0.455. The first-order chi connectivity index (χ1) is 7.69. The molecule has 1 N–H and O–H groups in total. The van der Waals surface area contributed by atoms with E-state index in [4.69, 9.17) is 0 Å². The molecule has 1 atom stereocenters. The average molecular weight is 238 g/mol. The van der Waals surface area contributed by atoms with Crippen LogP contribution in [0.15, 0.2) is 29.2 Å². The van der Waals surface area contributed by atoms with Gasteiger partial charge in [-0.15, -0.1) is 0 Å². The third-order valence-electron chi connectivity index (χ3n) is 3.32. The molecule has 3 rings (SSSR count). The van der Waals surface area contributed by atoms with Crippen molar-refractivity contribution in [1.29, 1.82) is 0 Å². The number of anilines is 1. The molecule has 5 heteroatoms. The first-order valence-corrected chi connectivity index (χ1v) is 6.98. The van der Waals surface area contributed by atoms with Crippen LogP contribution in [0.1, 0.15) is 12.8 Å². The Balaban J connectivity index is 2.17. The van der Waals surface area contributed by atoms with Gasteiger partial charge in [0.1, 0.15) is 4.90 Å². The number of rotatable bonds is 0. The third-order valence-corrected chi connectivity index (χ3v) is 5.33.